The van der Waals surface area contributed by atoms with E-state index < -0.39 is 0 Å². The minimum Gasteiger partial charge on any atom is -0.287 e. The van der Waals surface area contributed by atoms with Gasteiger partial charge in [-0.2, -0.15) is 0 Å². The highest BCUT2D eigenvalue weighted by Crippen LogP contribution is 2.21. The van der Waals surface area contributed by atoms with Crippen LogP contribution in [0.5, 0.6) is 0 Å². The molecule has 1 heterocycles. The van der Waals surface area contributed by atoms with Gasteiger partial charge < -0.3 is 0 Å². The lowest BCUT2D eigenvalue weighted by molar-refractivity contribution is 0.586. The normalized spacial score (nSPS) is 12.5. The molecule has 0 unspecified atom stereocenters. The second kappa shape index (κ2) is 4.69. The molecule has 0 aliphatic carbocycles. The molecule has 2 nitrogen and oxygen atoms in total. The van der Waals surface area contributed by atoms with Gasteiger partial charge in [-0.15, -0.1) is 0 Å². The minimum absolute atomic E-state index is 0.106. The fourth-order valence-electron chi connectivity index (χ4n) is 1.64. The van der Waals surface area contributed by atoms with Crippen molar-refractivity contribution in [3.63, 3.8) is 0 Å². The van der Waals surface area contributed by atoms with Crippen LogP contribution in [0.25, 0.3) is 10.9 Å². The van der Waals surface area contributed by atoms with Gasteiger partial charge in [-0.1, -0.05) is 23.2 Å². The Morgan fingerprint density at radius 1 is 1.22 bits per heavy atom. The molecule has 1 aromatic heterocycles. The number of nitrogens with zero attached hydrogens (tertiary/aromatic N) is 2. The van der Waals surface area contributed by atoms with Gasteiger partial charge in [0.15, 0.2) is 0 Å². The van der Waals surface area contributed by atoms with Crippen LogP contribution in [-0.2, 0) is 0 Å². The summed E-state index contributed by atoms with van der Waals surface area (Å²) in [6, 6.07) is 8.16. The fraction of sp³-hybridized carbons (Fsp3) is 0.333. The summed E-state index contributed by atoms with van der Waals surface area (Å²) in [6.45, 7) is 8.22. The SMILES string of the molecule is Cc1ccc2nc(Cl)c(C=NC(C)(C)C)cc2c1. The molecule has 2 rings (SSSR count). The summed E-state index contributed by atoms with van der Waals surface area (Å²) in [4.78, 5) is 8.86. The van der Waals surface area contributed by atoms with Crippen LogP contribution in [0.1, 0.15) is 31.9 Å². The van der Waals surface area contributed by atoms with Crippen molar-refractivity contribution in [1.29, 1.82) is 0 Å². The van der Waals surface area contributed by atoms with E-state index in [1.165, 1.54) is 5.56 Å². The summed E-state index contributed by atoms with van der Waals surface area (Å²) in [6.07, 6.45) is 1.80. The van der Waals surface area contributed by atoms with E-state index in [9.17, 15) is 0 Å². The largest absolute Gasteiger partial charge is 0.287 e. The van der Waals surface area contributed by atoms with Crippen molar-refractivity contribution in [2.24, 2.45) is 4.99 Å². The van der Waals surface area contributed by atoms with Gasteiger partial charge >= 0.3 is 0 Å². The van der Waals surface area contributed by atoms with Crippen molar-refractivity contribution in [1.82, 2.24) is 4.98 Å². The highest BCUT2D eigenvalue weighted by Gasteiger charge is 2.07. The summed E-state index contributed by atoms with van der Waals surface area (Å²) in [5.41, 5.74) is 2.89. The van der Waals surface area contributed by atoms with Crippen molar-refractivity contribution < 1.29 is 0 Å². The number of rotatable bonds is 1. The highest BCUT2D eigenvalue weighted by atomic mass is 35.5. The molecule has 0 fully saturated rings. The Hall–Kier alpha value is -1.41. The predicted octanol–water partition coefficient (Wildman–Crippen LogP) is 4.41. The van der Waals surface area contributed by atoms with E-state index in [2.05, 4.69) is 43.7 Å². The maximum absolute atomic E-state index is 6.17. The molecule has 1 aromatic carbocycles. The number of hydrogen-bond acceptors (Lipinski definition) is 2. The summed E-state index contributed by atoms with van der Waals surface area (Å²) in [5.74, 6) is 0. The molecule has 0 aliphatic rings. The molecule has 0 saturated carbocycles. The van der Waals surface area contributed by atoms with E-state index in [1.807, 2.05) is 18.2 Å². The third-order valence-electron chi connectivity index (χ3n) is 2.54. The average molecular weight is 261 g/mol. The smallest absolute Gasteiger partial charge is 0.138 e. The number of aromatic nitrogens is 1. The first kappa shape index (κ1) is 13.0. The molecule has 0 bridgehead atoms. The van der Waals surface area contributed by atoms with Gasteiger partial charge in [-0.3, -0.25) is 4.99 Å². The Morgan fingerprint density at radius 2 is 1.94 bits per heavy atom. The van der Waals surface area contributed by atoms with Crippen LogP contribution in [0.15, 0.2) is 29.3 Å². The van der Waals surface area contributed by atoms with Crippen molar-refractivity contribution in [3.8, 4) is 0 Å². The third-order valence-corrected chi connectivity index (χ3v) is 2.84. The zero-order valence-corrected chi connectivity index (χ0v) is 11.9. The van der Waals surface area contributed by atoms with E-state index in [0.29, 0.717) is 5.15 Å². The molecule has 0 saturated heterocycles. The van der Waals surface area contributed by atoms with Gasteiger partial charge in [0, 0.05) is 17.2 Å². The van der Waals surface area contributed by atoms with Crippen molar-refractivity contribution in [2.45, 2.75) is 33.2 Å². The maximum atomic E-state index is 6.17. The van der Waals surface area contributed by atoms with Crippen molar-refractivity contribution in [3.05, 3.63) is 40.5 Å². The van der Waals surface area contributed by atoms with Crippen LogP contribution in [-0.4, -0.2) is 16.7 Å². The van der Waals surface area contributed by atoms with Crippen LogP contribution in [0.3, 0.4) is 0 Å². The van der Waals surface area contributed by atoms with Crippen molar-refractivity contribution >= 4 is 28.7 Å². The molecule has 0 N–H and O–H groups in total. The van der Waals surface area contributed by atoms with E-state index in [-0.39, 0.29) is 5.54 Å². The molecular formula is C15H17ClN2. The Bertz CT molecular complexity index is 610. The number of hydrogen-bond donors (Lipinski definition) is 0. The first-order chi connectivity index (χ1) is 8.35. The van der Waals surface area contributed by atoms with Crippen LogP contribution in [0, 0.1) is 6.92 Å². The minimum atomic E-state index is -0.106. The monoisotopic (exact) mass is 260 g/mol. The van der Waals surface area contributed by atoms with Gasteiger partial charge in [0.1, 0.15) is 5.15 Å². The topological polar surface area (TPSA) is 25.2 Å². The van der Waals surface area contributed by atoms with Crippen molar-refractivity contribution in [2.75, 3.05) is 0 Å². The van der Waals surface area contributed by atoms with Crippen LogP contribution < -0.4 is 0 Å². The second-order valence-corrected chi connectivity index (χ2v) is 5.85. The quantitative estimate of drug-likeness (QED) is 0.551. The van der Waals surface area contributed by atoms with Crippen LogP contribution >= 0.6 is 11.6 Å². The van der Waals surface area contributed by atoms with Gasteiger partial charge in [0.25, 0.3) is 0 Å². The highest BCUT2D eigenvalue weighted by molar-refractivity contribution is 6.32. The first-order valence-electron chi connectivity index (χ1n) is 5.97. The summed E-state index contributed by atoms with van der Waals surface area (Å²) in [7, 11) is 0. The fourth-order valence-corrected chi connectivity index (χ4v) is 1.84. The van der Waals surface area contributed by atoms with E-state index in [1.54, 1.807) is 6.21 Å². The van der Waals surface area contributed by atoms with Crippen LogP contribution in [0.4, 0.5) is 0 Å². The predicted molar refractivity (Wildman–Crippen MR) is 78.8 cm³/mol. The molecule has 2 aromatic rings. The lowest BCUT2D eigenvalue weighted by atomic mass is 10.1. The van der Waals surface area contributed by atoms with E-state index in [4.69, 9.17) is 11.6 Å². The Balaban J connectivity index is 2.51. The number of fused-ring (bicyclic) bond motifs is 1. The number of pyridine rings is 1. The number of benzene rings is 1. The zero-order valence-electron chi connectivity index (χ0n) is 11.2. The zero-order chi connectivity index (χ0) is 13.3. The van der Waals surface area contributed by atoms with Gasteiger partial charge in [0.2, 0.25) is 0 Å². The molecule has 0 spiro atoms. The second-order valence-electron chi connectivity index (χ2n) is 5.49. The van der Waals surface area contributed by atoms with E-state index >= 15 is 0 Å². The molecule has 0 radical (unpaired) electrons. The molecular weight excluding hydrogens is 244 g/mol. The standard InChI is InChI=1S/C15H17ClN2/c1-10-5-6-13-11(7-10)8-12(14(16)18-13)9-17-15(2,3)4/h5-9H,1-4H3. The lowest BCUT2D eigenvalue weighted by Gasteiger charge is -2.11. The Labute approximate surface area is 113 Å². The number of halogens is 1. The van der Waals surface area contributed by atoms with Gasteiger partial charge in [-0.25, -0.2) is 4.98 Å². The molecule has 18 heavy (non-hydrogen) atoms. The Morgan fingerprint density at radius 3 is 2.61 bits per heavy atom. The maximum Gasteiger partial charge on any atom is 0.138 e. The number of aliphatic imine (C=N–C) groups is 1. The third kappa shape index (κ3) is 3.08. The molecule has 0 atom stereocenters. The van der Waals surface area contributed by atoms with Gasteiger partial charge in [0.05, 0.1) is 11.1 Å². The Kier molecular flexibility index (Phi) is 3.40. The van der Waals surface area contributed by atoms with Crippen LogP contribution in [0.2, 0.25) is 5.15 Å². The van der Waals surface area contributed by atoms with Gasteiger partial charge in [-0.05, 0) is 45.9 Å². The average Bonchev–Trinajstić information content (AvgIpc) is 2.26. The molecule has 0 aliphatic heterocycles. The first-order valence-corrected chi connectivity index (χ1v) is 6.35. The summed E-state index contributed by atoms with van der Waals surface area (Å²) in [5, 5.41) is 1.59. The lowest BCUT2D eigenvalue weighted by Crippen LogP contribution is -2.09. The molecule has 0 amide bonds. The molecule has 3 heteroatoms. The molecule has 94 valence electrons. The van der Waals surface area contributed by atoms with E-state index in [0.717, 1.165) is 16.5 Å². The summed E-state index contributed by atoms with van der Waals surface area (Å²) < 4.78 is 0. The summed E-state index contributed by atoms with van der Waals surface area (Å²) >= 11 is 6.17. The number of aryl methyl sites for hydroxylation is 1.